The number of carbonyl (C=O) groups is 1. The summed E-state index contributed by atoms with van der Waals surface area (Å²) in [4.78, 5) is 11.3. The van der Waals surface area contributed by atoms with Crippen molar-refractivity contribution in [3.8, 4) is 11.5 Å². The van der Waals surface area contributed by atoms with E-state index in [4.69, 9.17) is 9.47 Å². The van der Waals surface area contributed by atoms with E-state index in [1.54, 1.807) is 6.92 Å². The van der Waals surface area contributed by atoms with Crippen molar-refractivity contribution >= 4 is 5.97 Å². The van der Waals surface area contributed by atoms with E-state index < -0.39 is 17.9 Å². The van der Waals surface area contributed by atoms with Crippen LogP contribution in [-0.4, -0.2) is 31.9 Å². The van der Waals surface area contributed by atoms with Gasteiger partial charge >= 0.3 is 5.97 Å². The van der Waals surface area contributed by atoms with Gasteiger partial charge in [0.2, 0.25) is 0 Å². The van der Waals surface area contributed by atoms with E-state index in [9.17, 15) is 14.3 Å². The predicted octanol–water partition coefficient (Wildman–Crippen LogP) is 1.44. The summed E-state index contributed by atoms with van der Waals surface area (Å²) in [6, 6.07) is 2.65. The highest BCUT2D eigenvalue weighted by atomic mass is 19.1. The van der Waals surface area contributed by atoms with Crippen LogP contribution in [0.15, 0.2) is 12.1 Å². The van der Waals surface area contributed by atoms with Gasteiger partial charge in [0.15, 0.2) is 23.4 Å². The molecule has 0 aliphatic heterocycles. The number of ether oxygens (including phenoxy) is 3. The second kappa shape index (κ2) is 6.20. The summed E-state index contributed by atoms with van der Waals surface area (Å²) in [6.07, 6.45) is -1.69. The lowest BCUT2D eigenvalue weighted by Crippen LogP contribution is -2.17. The summed E-state index contributed by atoms with van der Waals surface area (Å²) in [5, 5.41) is 9.67. The monoisotopic (exact) mass is 258 g/mol. The maximum Gasteiger partial charge on any atom is 0.339 e. The summed E-state index contributed by atoms with van der Waals surface area (Å²) < 4.78 is 28.3. The summed E-state index contributed by atoms with van der Waals surface area (Å²) >= 11 is 0. The number of esters is 1. The second-order valence-corrected chi connectivity index (χ2v) is 3.36. The van der Waals surface area contributed by atoms with Crippen molar-refractivity contribution in [2.75, 3.05) is 20.8 Å². The van der Waals surface area contributed by atoms with E-state index in [0.29, 0.717) is 0 Å². The Morgan fingerprint density at radius 2 is 2.06 bits per heavy atom. The fourth-order valence-electron chi connectivity index (χ4n) is 1.46. The minimum Gasteiger partial charge on any atom is -0.493 e. The van der Waals surface area contributed by atoms with E-state index in [0.717, 1.165) is 0 Å². The molecule has 1 aromatic rings. The first kappa shape index (κ1) is 14.2. The average Bonchev–Trinajstić information content (AvgIpc) is 2.37. The highest BCUT2D eigenvalue weighted by Gasteiger charge is 2.25. The van der Waals surface area contributed by atoms with E-state index in [1.165, 1.54) is 26.4 Å². The van der Waals surface area contributed by atoms with Gasteiger partial charge in [-0.15, -0.1) is 0 Å². The van der Waals surface area contributed by atoms with Crippen LogP contribution in [0.1, 0.15) is 18.6 Å². The number of aliphatic hydroxyl groups excluding tert-OH is 1. The molecular weight excluding hydrogens is 243 g/mol. The zero-order valence-corrected chi connectivity index (χ0v) is 10.4. The van der Waals surface area contributed by atoms with Gasteiger partial charge in [0, 0.05) is 5.56 Å². The molecule has 0 amide bonds. The minimum atomic E-state index is -1.69. The number of aliphatic hydroxyl groups is 1. The molecule has 0 bridgehead atoms. The second-order valence-electron chi connectivity index (χ2n) is 3.36. The van der Waals surface area contributed by atoms with Crippen molar-refractivity contribution in [2.45, 2.75) is 13.0 Å². The third-order valence-corrected chi connectivity index (χ3v) is 2.32. The first-order valence-corrected chi connectivity index (χ1v) is 5.31. The third kappa shape index (κ3) is 2.70. The van der Waals surface area contributed by atoms with Crippen LogP contribution < -0.4 is 9.47 Å². The van der Waals surface area contributed by atoms with Gasteiger partial charge in [0.25, 0.3) is 0 Å². The molecule has 1 N–H and O–H groups in total. The first-order chi connectivity index (χ1) is 8.56. The zero-order valence-electron chi connectivity index (χ0n) is 10.4. The molecule has 0 saturated carbocycles. The van der Waals surface area contributed by atoms with Crippen molar-refractivity contribution in [3.05, 3.63) is 23.5 Å². The maximum absolute atomic E-state index is 14.0. The van der Waals surface area contributed by atoms with E-state index >= 15 is 0 Å². The topological polar surface area (TPSA) is 65.0 Å². The molecule has 0 aliphatic carbocycles. The zero-order chi connectivity index (χ0) is 13.7. The fourth-order valence-corrected chi connectivity index (χ4v) is 1.46. The van der Waals surface area contributed by atoms with Gasteiger partial charge < -0.3 is 19.3 Å². The van der Waals surface area contributed by atoms with Crippen LogP contribution in [0.5, 0.6) is 11.5 Å². The standard InChI is InChI=1S/C12H15FO5/c1-4-18-12(15)10(14)7-5-6-8(16-2)11(17-3)9(7)13/h5-6,10,14H,4H2,1-3H3. The molecule has 0 aromatic heterocycles. The van der Waals surface area contributed by atoms with Gasteiger partial charge in [0.1, 0.15) is 0 Å². The molecule has 5 nitrogen and oxygen atoms in total. The Kier molecular flexibility index (Phi) is 4.91. The number of methoxy groups -OCH3 is 2. The number of carbonyl (C=O) groups excluding carboxylic acids is 1. The van der Waals surface area contributed by atoms with Crippen LogP contribution in [0.2, 0.25) is 0 Å². The summed E-state index contributed by atoms with van der Waals surface area (Å²) in [5.74, 6) is -1.76. The molecule has 0 radical (unpaired) electrons. The van der Waals surface area contributed by atoms with Crippen molar-refractivity contribution in [1.82, 2.24) is 0 Å². The Morgan fingerprint density at radius 3 is 2.56 bits per heavy atom. The van der Waals surface area contributed by atoms with E-state index in [2.05, 4.69) is 4.74 Å². The van der Waals surface area contributed by atoms with E-state index in [1.807, 2.05) is 0 Å². The molecule has 6 heteroatoms. The fraction of sp³-hybridized carbons (Fsp3) is 0.417. The molecule has 0 heterocycles. The van der Waals surface area contributed by atoms with Crippen LogP contribution in [-0.2, 0) is 9.53 Å². The maximum atomic E-state index is 14.0. The number of halogens is 1. The number of benzene rings is 1. The van der Waals surface area contributed by atoms with E-state index in [-0.39, 0.29) is 23.7 Å². The molecule has 1 unspecified atom stereocenters. The SMILES string of the molecule is CCOC(=O)C(O)c1ccc(OC)c(OC)c1F. The van der Waals surface area contributed by atoms with Crippen molar-refractivity contribution in [2.24, 2.45) is 0 Å². The quantitative estimate of drug-likeness (QED) is 0.809. The predicted molar refractivity (Wildman–Crippen MR) is 61.1 cm³/mol. The minimum absolute atomic E-state index is 0.102. The van der Waals surface area contributed by atoms with Crippen molar-refractivity contribution in [3.63, 3.8) is 0 Å². The molecule has 1 aromatic carbocycles. The highest BCUT2D eigenvalue weighted by molar-refractivity contribution is 5.76. The summed E-state index contributed by atoms with van der Waals surface area (Å²) in [5.41, 5.74) is -0.217. The Morgan fingerprint density at radius 1 is 1.39 bits per heavy atom. The van der Waals surface area contributed by atoms with Crippen LogP contribution >= 0.6 is 0 Å². The molecule has 18 heavy (non-hydrogen) atoms. The van der Waals surface area contributed by atoms with Gasteiger partial charge in [0.05, 0.1) is 20.8 Å². The van der Waals surface area contributed by atoms with Gasteiger partial charge in [-0.3, -0.25) is 0 Å². The summed E-state index contributed by atoms with van der Waals surface area (Å²) in [6.45, 7) is 1.69. The molecule has 0 saturated heterocycles. The van der Waals surface area contributed by atoms with Crippen LogP contribution in [0.3, 0.4) is 0 Å². The molecule has 1 atom stereocenters. The number of rotatable bonds is 5. The molecule has 0 fully saturated rings. The Balaban J connectivity index is 3.14. The largest absolute Gasteiger partial charge is 0.493 e. The molecule has 1 rings (SSSR count). The third-order valence-electron chi connectivity index (χ3n) is 2.32. The lowest BCUT2D eigenvalue weighted by molar-refractivity contribution is -0.153. The Hall–Kier alpha value is -1.82. The number of hydrogen-bond acceptors (Lipinski definition) is 5. The van der Waals surface area contributed by atoms with Crippen LogP contribution in [0.25, 0.3) is 0 Å². The average molecular weight is 258 g/mol. The lowest BCUT2D eigenvalue weighted by atomic mass is 10.1. The van der Waals surface area contributed by atoms with Gasteiger partial charge in [-0.25, -0.2) is 9.18 Å². The molecule has 100 valence electrons. The molecule has 0 spiro atoms. The van der Waals surface area contributed by atoms with Crippen molar-refractivity contribution < 1.29 is 28.5 Å². The highest BCUT2D eigenvalue weighted by Crippen LogP contribution is 2.34. The van der Waals surface area contributed by atoms with Crippen LogP contribution in [0.4, 0.5) is 4.39 Å². The molecule has 0 aliphatic rings. The Bertz CT molecular complexity index is 433. The van der Waals surface area contributed by atoms with Gasteiger partial charge in [-0.2, -0.15) is 0 Å². The Labute approximate surface area is 104 Å². The molecular formula is C12H15FO5. The lowest BCUT2D eigenvalue weighted by Gasteiger charge is -2.14. The first-order valence-electron chi connectivity index (χ1n) is 5.31. The van der Waals surface area contributed by atoms with Crippen LogP contribution in [0, 0.1) is 5.82 Å². The van der Waals surface area contributed by atoms with Gasteiger partial charge in [-0.1, -0.05) is 0 Å². The van der Waals surface area contributed by atoms with Crippen molar-refractivity contribution in [1.29, 1.82) is 0 Å². The normalized spacial score (nSPS) is 11.8. The smallest absolute Gasteiger partial charge is 0.339 e. The summed E-state index contributed by atoms with van der Waals surface area (Å²) in [7, 11) is 2.63. The number of hydrogen-bond donors (Lipinski definition) is 1. The van der Waals surface area contributed by atoms with Gasteiger partial charge in [-0.05, 0) is 19.1 Å².